The molecule has 1 saturated heterocycles. The summed E-state index contributed by atoms with van der Waals surface area (Å²) in [4.78, 5) is 24.0. The van der Waals surface area contributed by atoms with Gasteiger partial charge in [-0.15, -0.1) is 11.3 Å². The molecule has 0 radical (unpaired) electrons. The summed E-state index contributed by atoms with van der Waals surface area (Å²) >= 11 is 1.46. The van der Waals surface area contributed by atoms with Gasteiger partial charge in [0.25, 0.3) is 5.89 Å². The number of amides is 1. The van der Waals surface area contributed by atoms with Crippen LogP contribution in [0.2, 0.25) is 0 Å². The van der Waals surface area contributed by atoms with Crippen LogP contribution < -0.4 is 10.2 Å². The largest absolute Gasteiger partial charge is 0.369 e. The molecule has 2 aromatic heterocycles. The maximum atomic E-state index is 14.8. The highest BCUT2D eigenvalue weighted by Gasteiger charge is 2.27. The van der Waals surface area contributed by atoms with Gasteiger partial charge in [0.1, 0.15) is 5.82 Å². The second-order valence-corrected chi connectivity index (χ2v) is 8.69. The Hall–Kier alpha value is -2.81. The number of piperidine rings is 1. The zero-order valence-corrected chi connectivity index (χ0v) is 17.8. The first-order valence-electron chi connectivity index (χ1n) is 10.1. The number of thiazole rings is 1. The van der Waals surface area contributed by atoms with Gasteiger partial charge in [0.15, 0.2) is 11.0 Å². The third-order valence-corrected chi connectivity index (χ3v) is 6.02. The summed E-state index contributed by atoms with van der Waals surface area (Å²) in [6, 6.07) is 4.97. The van der Waals surface area contributed by atoms with Crippen LogP contribution in [-0.4, -0.2) is 34.1 Å². The SMILES string of the molecule is CCCc1noc(-c2ccc(N3CCC(C(=O)Nc4ncc(C)s4)CC3)c(F)c2)n1. The van der Waals surface area contributed by atoms with E-state index in [1.165, 1.54) is 17.4 Å². The third kappa shape index (κ3) is 4.51. The van der Waals surface area contributed by atoms with Crippen molar-refractivity contribution >= 4 is 28.1 Å². The van der Waals surface area contributed by atoms with E-state index >= 15 is 0 Å². The lowest BCUT2D eigenvalue weighted by Crippen LogP contribution is -2.38. The molecule has 0 bridgehead atoms. The van der Waals surface area contributed by atoms with Gasteiger partial charge < -0.3 is 14.7 Å². The number of carbonyl (C=O) groups excluding carboxylic acids is 1. The highest BCUT2D eigenvalue weighted by Crippen LogP contribution is 2.30. The van der Waals surface area contributed by atoms with E-state index in [-0.39, 0.29) is 17.6 Å². The van der Waals surface area contributed by atoms with Crippen molar-refractivity contribution in [2.24, 2.45) is 5.92 Å². The Morgan fingerprint density at radius 1 is 1.37 bits per heavy atom. The lowest BCUT2D eigenvalue weighted by molar-refractivity contribution is -0.120. The molecule has 1 amide bonds. The average molecular weight is 430 g/mol. The number of nitrogens with zero attached hydrogens (tertiary/aromatic N) is 4. The number of anilines is 2. The number of hydrogen-bond acceptors (Lipinski definition) is 7. The number of rotatable bonds is 6. The van der Waals surface area contributed by atoms with Crippen LogP contribution in [-0.2, 0) is 11.2 Å². The second kappa shape index (κ2) is 8.91. The van der Waals surface area contributed by atoms with Gasteiger partial charge in [0.2, 0.25) is 5.91 Å². The minimum atomic E-state index is -0.330. The minimum Gasteiger partial charge on any atom is -0.369 e. The fourth-order valence-electron chi connectivity index (χ4n) is 3.60. The normalized spacial score (nSPS) is 14.8. The molecule has 0 atom stereocenters. The van der Waals surface area contributed by atoms with E-state index in [2.05, 4.69) is 20.4 Å². The molecule has 3 heterocycles. The van der Waals surface area contributed by atoms with Crippen LogP contribution in [0.15, 0.2) is 28.9 Å². The molecule has 30 heavy (non-hydrogen) atoms. The molecule has 0 unspecified atom stereocenters. The maximum Gasteiger partial charge on any atom is 0.258 e. The molecule has 158 valence electrons. The van der Waals surface area contributed by atoms with E-state index in [1.54, 1.807) is 18.3 Å². The van der Waals surface area contributed by atoms with Crippen molar-refractivity contribution in [1.29, 1.82) is 0 Å². The van der Waals surface area contributed by atoms with Crippen LogP contribution >= 0.6 is 11.3 Å². The van der Waals surface area contributed by atoms with E-state index in [0.29, 0.717) is 54.0 Å². The molecule has 9 heteroatoms. The minimum absolute atomic E-state index is 0.0147. The second-order valence-electron chi connectivity index (χ2n) is 7.46. The maximum absolute atomic E-state index is 14.8. The molecule has 1 aliphatic rings. The molecule has 4 rings (SSSR count). The van der Waals surface area contributed by atoms with E-state index in [0.717, 1.165) is 17.7 Å². The molecular weight excluding hydrogens is 405 g/mol. The van der Waals surface area contributed by atoms with Crippen molar-refractivity contribution in [2.75, 3.05) is 23.3 Å². The third-order valence-electron chi connectivity index (χ3n) is 5.19. The van der Waals surface area contributed by atoms with Gasteiger partial charge >= 0.3 is 0 Å². The van der Waals surface area contributed by atoms with E-state index in [9.17, 15) is 9.18 Å². The van der Waals surface area contributed by atoms with Crippen LogP contribution in [0.5, 0.6) is 0 Å². The summed E-state index contributed by atoms with van der Waals surface area (Å²) in [5.74, 6) is 0.521. The Kier molecular flexibility index (Phi) is 6.08. The van der Waals surface area contributed by atoms with E-state index in [4.69, 9.17) is 4.52 Å². The standard InChI is InChI=1S/C21H24FN5O2S/c1-3-4-18-24-20(29-26-18)15-5-6-17(16(22)11-15)27-9-7-14(8-10-27)19(28)25-21-23-12-13(2)30-21/h5-6,11-12,14H,3-4,7-10H2,1-2H3,(H,23,25,28). The van der Waals surface area contributed by atoms with Gasteiger partial charge in [-0.05, 0) is 44.4 Å². The summed E-state index contributed by atoms with van der Waals surface area (Å²) < 4.78 is 20.0. The molecule has 0 saturated carbocycles. The first-order chi connectivity index (χ1) is 14.5. The van der Waals surface area contributed by atoms with Crippen LogP contribution in [0.1, 0.15) is 36.9 Å². The van der Waals surface area contributed by atoms with E-state index < -0.39 is 0 Å². The molecule has 1 N–H and O–H groups in total. The lowest BCUT2D eigenvalue weighted by Gasteiger charge is -2.33. The summed E-state index contributed by atoms with van der Waals surface area (Å²) in [6.45, 7) is 5.23. The number of aromatic nitrogens is 3. The molecule has 0 spiro atoms. The van der Waals surface area contributed by atoms with Crippen LogP contribution in [0.25, 0.3) is 11.5 Å². The first kappa shape index (κ1) is 20.5. The number of halogens is 1. The van der Waals surface area contributed by atoms with Crippen molar-refractivity contribution < 1.29 is 13.7 Å². The highest BCUT2D eigenvalue weighted by molar-refractivity contribution is 7.15. The van der Waals surface area contributed by atoms with Crippen molar-refractivity contribution in [3.8, 4) is 11.5 Å². The van der Waals surface area contributed by atoms with Crippen LogP contribution in [0, 0.1) is 18.7 Å². The predicted octanol–water partition coefficient (Wildman–Crippen LogP) is 4.45. The Balaban J connectivity index is 1.37. The highest BCUT2D eigenvalue weighted by atomic mass is 32.1. The zero-order chi connectivity index (χ0) is 21.1. The van der Waals surface area contributed by atoms with Crippen molar-refractivity contribution in [3.63, 3.8) is 0 Å². The van der Waals surface area contributed by atoms with Crippen molar-refractivity contribution in [3.05, 3.63) is 40.9 Å². The number of nitrogens with one attached hydrogen (secondary N) is 1. The number of hydrogen-bond donors (Lipinski definition) is 1. The smallest absolute Gasteiger partial charge is 0.258 e. The van der Waals surface area contributed by atoms with Gasteiger partial charge in [-0.25, -0.2) is 9.37 Å². The fraction of sp³-hybridized carbons (Fsp3) is 0.429. The Morgan fingerprint density at radius 3 is 2.83 bits per heavy atom. The summed E-state index contributed by atoms with van der Waals surface area (Å²) in [5.41, 5.74) is 1.10. The molecule has 1 aromatic carbocycles. The zero-order valence-electron chi connectivity index (χ0n) is 17.0. The van der Waals surface area contributed by atoms with Crippen molar-refractivity contribution in [1.82, 2.24) is 15.1 Å². The van der Waals surface area contributed by atoms with Gasteiger partial charge in [-0.1, -0.05) is 12.1 Å². The Morgan fingerprint density at radius 2 is 2.17 bits per heavy atom. The number of carbonyl (C=O) groups is 1. The summed E-state index contributed by atoms with van der Waals surface area (Å²) in [6.07, 6.45) is 4.73. The van der Waals surface area contributed by atoms with Crippen LogP contribution in [0.4, 0.5) is 15.2 Å². The predicted molar refractivity (Wildman–Crippen MR) is 114 cm³/mol. The summed E-state index contributed by atoms with van der Waals surface area (Å²) in [7, 11) is 0. The molecule has 3 aromatic rings. The lowest BCUT2D eigenvalue weighted by atomic mass is 9.95. The van der Waals surface area contributed by atoms with Gasteiger partial charge in [0, 0.05) is 42.1 Å². The quantitative estimate of drug-likeness (QED) is 0.623. The van der Waals surface area contributed by atoms with Crippen molar-refractivity contribution in [2.45, 2.75) is 39.5 Å². The summed E-state index contributed by atoms with van der Waals surface area (Å²) in [5, 5.41) is 7.44. The van der Waals surface area contributed by atoms with E-state index in [1.807, 2.05) is 18.7 Å². The molecule has 7 nitrogen and oxygen atoms in total. The fourth-order valence-corrected chi connectivity index (χ4v) is 4.26. The molecular formula is C21H24FN5O2S. The van der Waals surface area contributed by atoms with Gasteiger partial charge in [0.05, 0.1) is 5.69 Å². The molecule has 1 aliphatic heterocycles. The number of benzene rings is 1. The topological polar surface area (TPSA) is 84.2 Å². The average Bonchev–Trinajstić information content (AvgIpc) is 3.37. The van der Waals surface area contributed by atoms with Gasteiger partial charge in [-0.3, -0.25) is 4.79 Å². The molecule has 1 fully saturated rings. The van der Waals surface area contributed by atoms with Gasteiger partial charge in [-0.2, -0.15) is 4.98 Å². The Bertz CT molecular complexity index is 1030. The Labute approximate surface area is 178 Å². The van der Waals surface area contributed by atoms with Crippen LogP contribution in [0.3, 0.4) is 0 Å². The molecule has 0 aliphatic carbocycles. The number of aryl methyl sites for hydroxylation is 2. The first-order valence-corrected chi connectivity index (χ1v) is 11.0. The monoisotopic (exact) mass is 429 g/mol.